The molecular weight excluding hydrogens is 166 g/mol. The number of nitrogens with one attached hydrogen (secondary N) is 1. The summed E-state index contributed by atoms with van der Waals surface area (Å²) in [4.78, 5) is 0. The van der Waals surface area contributed by atoms with E-state index >= 15 is 0 Å². The summed E-state index contributed by atoms with van der Waals surface area (Å²) in [6, 6.07) is 2.13. The lowest BCUT2D eigenvalue weighted by atomic mass is 10.3. The lowest BCUT2D eigenvalue weighted by molar-refractivity contribution is 0.250. The first-order valence-corrected chi connectivity index (χ1v) is 4.62. The topological polar surface area (TPSA) is 50.1 Å². The highest BCUT2D eigenvalue weighted by Gasteiger charge is 2.02. The number of hydrogen-bond acceptors (Lipinski definition) is 3. The molecule has 4 nitrogen and oxygen atoms in total. The number of aliphatic hydroxyl groups is 1. The highest BCUT2D eigenvalue weighted by atomic mass is 16.3. The minimum atomic E-state index is 0.139. The Labute approximate surface area is 78.6 Å². The molecule has 4 heteroatoms. The van der Waals surface area contributed by atoms with E-state index in [1.54, 1.807) is 6.20 Å². The number of aryl methyl sites for hydroxylation is 1. The normalized spacial score (nSPS) is 13.2. The first-order valence-electron chi connectivity index (χ1n) is 4.62. The molecule has 0 aliphatic carbocycles. The van der Waals surface area contributed by atoms with Crippen molar-refractivity contribution in [3.8, 4) is 0 Å². The fourth-order valence-corrected chi connectivity index (χ4v) is 1.14. The Balaban J connectivity index is 2.44. The van der Waals surface area contributed by atoms with Crippen LogP contribution in [0.3, 0.4) is 0 Å². The van der Waals surface area contributed by atoms with Crippen LogP contribution in [0.2, 0.25) is 0 Å². The van der Waals surface area contributed by atoms with E-state index in [1.165, 1.54) is 0 Å². The molecule has 1 atom stereocenters. The zero-order valence-corrected chi connectivity index (χ0v) is 8.20. The van der Waals surface area contributed by atoms with Gasteiger partial charge < -0.3 is 10.4 Å². The molecule has 0 fully saturated rings. The molecule has 0 amide bonds. The Morgan fingerprint density at radius 2 is 2.46 bits per heavy atom. The molecule has 0 saturated heterocycles. The van der Waals surface area contributed by atoms with Crippen molar-refractivity contribution in [2.24, 2.45) is 0 Å². The smallest absolute Gasteiger partial charge is 0.0582 e. The van der Waals surface area contributed by atoms with Gasteiger partial charge in [0, 0.05) is 25.3 Å². The first kappa shape index (κ1) is 10.2. The predicted molar refractivity (Wildman–Crippen MR) is 51.3 cm³/mol. The van der Waals surface area contributed by atoms with Crippen molar-refractivity contribution in [2.75, 3.05) is 6.61 Å². The third-order valence-corrected chi connectivity index (χ3v) is 2.01. The Morgan fingerprint density at radius 1 is 1.69 bits per heavy atom. The van der Waals surface area contributed by atoms with Gasteiger partial charge in [0.25, 0.3) is 0 Å². The maximum Gasteiger partial charge on any atom is 0.0582 e. The van der Waals surface area contributed by atoms with Gasteiger partial charge >= 0.3 is 0 Å². The molecule has 0 unspecified atom stereocenters. The van der Waals surface area contributed by atoms with E-state index in [1.807, 2.05) is 17.7 Å². The van der Waals surface area contributed by atoms with Gasteiger partial charge in [-0.05, 0) is 19.9 Å². The lowest BCUT2D eigenvalue weighted by Gasteiger charge is -2.11. The Hall–Kier alpha value is -0.870. The van der Waals surface area contributed by atoms with Crippen molar-refractivity contribution in [2.45, 2.75) is 33.0 Å². The van der Waals surface area contributed by atoms with Gasteiger partial charge in [0.15, 0.2) is 0 Å². The van der Waals surface area contributed by atoms with Crippen molar-refractivity contribution in [3.63, 3.8) is 0 Å². The van der Waals surface area contributed by atoms with Gasteiger partial charge in [0.05, 0.1) is 12.3 Å². The molecule has 0 radical (unpaired) electrons. The standard InChI is InChI=1S/C9H17N3O/c1-3-12-9(4-5-11-12)6-10-8(2)7-13/h4-5,8,10,13H,3,6-7H2,1-2H3/t8-/m0/s1. The summed E-state index contributed by atoms with van der Waals surface area (Å²) >= 11 is 0. The second kappa shape index (κ2) is 4.99. The fourth-order valence-electron chi connectivity index (χ4n) is 1.14. The van der Waals surface area contributed by atoms with Crippen LogP contribution >= 0.6 is 0 Å². The molecule has 0 aliphatic heterocycles. The van der Waals surface area contributed by atoms with Crippen molar-refractivity contribution in [1.29, 1.82) is 0 Å². The van der Waals surface area contributed by atoms with Crippen LogP contribution in [0.25, 0.3) is 0 Å². The number of nitrogens with zero attached hydrogens (tertiary/aromatic N) is 2. The van der Waals surface area contributed by atoms with Gasteiger partial charge in [-0.15, -0.1) is 0 Å². The van der Waals surface area contributed by atoms with E-state index in [2.05, 4.69) is 17.3 Å². The number of rotatable bonds is 5. The highest BCUT2D eigenvalue weighted by molar-refractivity contribution is 5.00. The van der Waals surface area contributed by atoms with Crippen molar-refractivity contribution in [3.05, 3.63) is 18.0 Å². The number of aromatic nitrogens is 2. The summed E-state index contributed by atoms with van der Waals surface area (Å²) in [6.45, 7) is 5.83. The summed E-state index contributed by atoms with van der Waals surface area (Å²) in [6.07, 6.45) is 1.80. The molecule has 0 saturated carbocycles. The minimum Gasteiger partial charge on any atom is -0.395 e. The molecule has 1 rings (SSSR count). The van der Waals surface area contributed by atoms with E-state index in [0.717, 1.165) is 18.8 Å². The molecule has 0 aliphatic rings. The number of hydrogen-bond donors (Lipinski definition) is 2. The summed E-state index contributed by atoms with van der Waals surface area (Å²) < 4.78 is 1.94. The maximum absolute atomic E-state index is 8.80. The molecular formula is C9H17N3O. The molecule has 0 spiro atoms. The largest absolute Gasteiger partial charge is 0.395 e. The van der Waals surface area contributed by atoms with Crippen LogP contribution in [0.15, 0.2) is 12.3 Å². The summed E-state index contributed by atoms with van der Waals surface area (Å²) in [5.74, 6) is 0. The molecule has 1 aromatic heterocycles. The zero-order valence-electron chi connectivity index (χ0n) is 8.20. The number of aliphatic hydroxyl groups excluding tert-OH is 1. The molecule has 2 N–H and O–H groups in total. The van der Waals surface area contributed by atoms with Crippen LogP contribution in [0.5, 0.6) is 0 Å². The van der Waals surface area contributed by atoms with E-state index in [4.69, 9.17) is 5.11 Å². The van der Waals surface area contributed by atoms with Crippen molar-refractivity contribution in [1.82, 2.24) is 15.1 Å². The van der Waals surface area contributed by atoms with Gasteiger partial charge in [0.1, 0.15) is 0 Å². The van der Waals surface area contributed by atoms with Crippen LogP contribution in [0.1, 0.15) is 19.5 Å². The van der Waals surface area contributed by atoms with Gasteiger partial charge in [-0.1, -0.05) is 0 Å². The Kier molecular flexibility index (Phi) is 3.92. The average molecular weight is 183 g/mol. The lowest BCUT2D eigenvalue weighted by Crippen LogP contribution is -2.29. The molecule has 1 heterocycles. The Bertz CT molecular complexity index is 247. The third kappa shape index (κ3) is 2.82. The highest BCUT2D eigenvalue weighted by Crippen LogP contribution is 1.98. The molecule has 0 bridgehead atoms. The van der Waals surface area contributed by atoms with Gasteiger partial charge in [-0.25, -0.2) is 0 Å². The summed E-state index contributed by atoms with van der Waals surface area (Å²) in [5, 5.41) is 16.2. The van der Waals surface area contributed by atoms with E-state index < -0.39 is 0 Å². The average Bonchev–Trinajstić information content (AvgIpc) is 2.61. The van der Waals surface area contributed by atoms with E-state index in [-0.39, 0.29) is 12.6 Å². The molecule has 74 valence electrons. The van der Waals surface area contributed by atoms with Crippen LogP contribution in [-0.2, 0) is 13.1 Å². The quantitative estimate of drug-likeness (QED) is 0.693. The SMILES string of the molecule is CCn1nccc1CN[C@@H](C)CO. The van der Waals surface area contributed by atoms with E-state index in [0.29, 0.717) is 0 Å². The predicted octanol–water partition coefficient (Wildman–Crippen LogP) is 0.373. The fraction of sp³-hybridized carbons (Fsp3) is 0.667. The van der Waals surface area contributed by atoms with Crippen LogP contribution in [-0.4, -0.2) is 27.5 Å². The first-order chi connectivity index (χ1) is 6.27. The Morgan fingerprint density at radius 3 is 3.08 bits per heavy atom. The molecule has 13 heavy (non-hydrogen) atoms. The van der Waals surface area contributed by atoms with Crippen molar-refractivity contribution >= 4 is 0 Å². The second-order valence-electron chi connectivity index (χ2n) is 3.10. The molecule has 0 aromatic carbocycles. The van der Waals surface area contributed by atoms with Gasteiger partial charge in [-0.2, -0.15) is 5.10 Å². The minimum absolute atomic E-state index is 0.139. The van der Waals surface area contributed by atoms with E-state index in [9.17, 15) is 0 Å². The van der Waals surface area contributed by atoms with Gasteiger partial charge in [-0.3, -0.25) is 4.68 Å². The summed E-state index contributed by atoms with van der Waals surface area (Å²) in [5.41, 5.74) is 1.16. The van der Waals surface area contributed by atoms with Gasteiger partial charge in [0.2, 0.25) is 0 Å². The zero-order chi connectivity index (χ0) is 9.68. The monoisotopic (exact) mass is 183 g/mol. The summed E-state index contributed by atoms with van der Waals surface area (Å²) in [7, 11) is 0. The van der Waals surface area contributed by atoms with Crippen molar-refractivity contribution < 1.29 is 5.11 Å². The second-order valence-corrected chi connectivity index (χ2v) is 3.10. The maximum atomic E-state index is 8.80. The van der Waals surface area contributed by atoms with Crippen LogP contribution in [0.4, 0.5) is 0 Å². The third-order valence-electron chi connectivity index (χ3n) is 2.01. The van der Waals surface area contributed by atoms with Crippen LogP contribution in [0, 0.1) is 0 Å². The molecule has 1 aromatic rings. The van der Waals surface area contributed by atoms with Crippen LogP contribution < -0.4 is 5.32 Å².